The van der Waals surface area contributed by atoms with Gasteiger partial charge in [0.05, 0.1) is 27.9 Å². The van der Waals surface area contributed by atoms with Gasteiger partial charge in [0, 0.05) is 24.9 Å². The van der Waals surface area contributed by atoms with E-state index in [9.17, 15) is 0 Å². The van der Waals surface area contributed by atoms with Gasteiger partial charge in [-0.3, -0.25) is 0 Å². The predicted molar refractivity (Wildman–Crippen MR) is 90.6 cm³/mol. The molecule has 0 aromatic heterocycles. The van der Waals surface area contributed by atoms with Gasteiger partial charge >= 0.3 is 0 Å². The van der Waals surface area contributed by atoms with E-state index in [1.807, 2.05) is 30.3 Å². The van der Waals surface area contributed by atoms with Crippen LogP contribution in [0.5, 0.6) is 17.2 Å². The molecule has 0 radical (unpaired) electrons. The molecule has 0 heterocycles. The summed E-state index contributed by atoms with van der Waals surface area (Å²) in [6, 6.07) is 12.0. The van der Waals surface area contributed by atoms with Crippen molar-refractivity contribution in [3.05, 3.63) is 47.5 Å². The molecule has 5 nitrogen and oxygen atoms in total. The Labute approximate surface area is 137 Å². The van der Waals surface area contributed by atoms with E-state index < -0.39 is 0 Å². The number of rotatable bonds is 8. The molecular weight excluding hydrogens is 294 g/mol. The molecule has 0 atom stereocenters. The van der Waals surface area contributed by atoms with Crippen LogP contribution in [-0.2, 0) is 17.9 Å². The lowest BCUT2D eigenvalue weighted by Crippen LogP contribution is -2.04. The first-order valence-corrected chi connectivity index (χ1v) is 7.33. The second-order valence-electron chi connectivity index (χ2n) is 4.98. The molecule has 2 rings (SSSR count). The van der Waals surface area contributed by atoms with Crippen molar-refractivity contribution < 1.29 is 18.9 Å². The molecular formula is C18H23NO4. The van der Waals surface area contributed by atoms with Crippen molar-refractivity contribution in [2.45, 2.75) is 13.2 Å². The van der Waals surface area contributed by atoms with Gasteiger partial charge in [0.25, 0.3) is 0 Å². The average molecular weight is 317 g/mol. The summed E-state index contributed by atoms with van der Waals surface area (Å²) in [5.74, 6) is 1.92. The molecule has 0 aliphatic heterocycles. The lowest BCUT2D eigenvalue weighted by atomic mass is 10.1. The zero-order valence-electron chi connectivity index (χ0n) is 14.0. The standard InChI is InChI=1S/C18H23NO4/c1-20-12-13-6-5-7-15(10-13)19-11-14-8-9-16(21-2)18(23-4)17(14)22-3/h5-10,19H,11-12H2,1-4H3. The van der Waals surface area contributed by atoms with Gasteiger partial charge in [-0.2, -0.15) is 0 Å². The largest absolute Gasteiger partial charge is 0.493 e. The van der Waals surface area contributed by atoms with Gasteiger partial charge in [-0.15, -0.1) is 0 Å². The highest BCUT2D eigenvalue weighted by Crippen LogP contribution is 2.39. The van der Waals surface area contributed by atoms with Gasteiger partial charge in [0.1, 0.15) is 0 Å². The van der Waals surface area contributed by atoms with Crippen LogP contribution in [0.2, 0.25) is 0 Å². The summed E-state index contributed by atoms with van der Waals surface area (Å²) < 4.78 is 21.4. The first-order chi connectivity index (χ1) is 11.2. The van der Waals surface area contributed by atoms with Gasteiger partial charge in [-0.25, -0.2) is 0 Å². The maximum absolute atomic E-state index is 5.50. The molecule has 124 valence electrons. The third-order valence-corrected chi connectivity index (χ3v) is 3.51. The van der Waals surface area contributed by atoms with Crippen LogP contribution in [0.3, 0.4) is 0 Å². The molecule has 0 aliphatic rings. The van der Waals surface area contributed by atoms with Crippen molar-refractivity contribution >= 4 is 5.69 Å². The maximum atomic E-state index is 5.50. The highest BCUT2D eigenvalue weighted by Gasteiger charge is 2.15. The smallest absolute Gasteiger partial charge is 0.203 e. The quantitative estimate of drug-likeness (QED) is 0.808. The average Bonchev–Trinajstić information content (AvgIpc) is 2.59. The Bertz CT molecular complexity index is 643. The van der Waals surface area contributed by atoms with Crippen molar-refractivity contribution in [1.29, 1.82) is 0 Å². The molecule has 0 saturated heterocycles. The third-order valence-electron chi connectivity index (χ3n) is 3.51. The summed E-state index contributed by atoms with van der Waals surface area (Å²) in [7, 11) is 6.52. The molecule has 23 heavy (non-hydrogen) atoms. The van der Waals surface area contributed by atoms with Gasteiger partial charge in [-0.1, -0.05) is 12.1 Å². The SMILES string of the molecule is COCc1cccc(NCc2ccc(OC)c(OC)c2OC)c1. The van der Waals surface area contributed by atoms with Crippen molar-refractivity contribution in [3.63, 3.8) is 0 Å². The normalized spacial score (nSPS) is 10.3. The minimum atomic E-state index is 0.592. The molecule has 0 amide bonds. The van der Waals surface area contributed by atoms with Crippen molar-refractivity contribution in [2.24, 2.45) is 0 Å². The maximum Gasteiger partial charge on any atom is 0.203 e. The number of benzene rings is 2. The summed E-state index contributed by atoms with van der Waals surface area (Å²) in [6.45, 7) is 1.20. The van der Waals surface area contributed by atoms with Crippen LogP contribution in [0, 0.1) is 0 Å². The van der Waals surface area contributed by atoms with Crippen LogP contribution < -0.4 is 19.5 Å². The van der Waals surface area contributed by atoms with Crippen LogP contribution in [0.4, 0.5) is 5.69 Å². The molecule has 0 fully saturated rings. The fraction of sp³-hybridized carbons (Fsp3) is 0.333. The molecule has 0 saturated carbocycles. The molecule has 1 N–H and O–H groups in total. The van der Waals surface area contributed by atoms with E-state index in [0.717, 1.165) is 16.8 Å². The predicted octanol–water partition coefficient (Wildman–Crippen LogP) is 3.47. The fourth-order valence-electron chi connectivity index (χ4n) is 2.44. The zero-order chi connectivity index (χ0) is 16.7. The zero-order valence-corrected chi connectivity index (χ0v) is 14.0. The molecule has 2 aromatic rings. The topological polar surface area (TPSA) is 49.0 Å². The number of methoxy groups -OCH3 is 4. The number of hydrogen-bond donors (Lipinski definition) is 1. The van der Waals surface area contributed by atoms with Gasteiger partial charge in [0.2, 0.25) is 5.75 Å². The van der Waals surface area contributed by atoms with E-state index in [2.05, 4.69) is 11.4 Å². The minimum absolute atomic E-state index is 0.592. The molecule has 0 spiro atoms. The number of hydrogen-bond acceptors (Lipinski definition) is 5. The first kappa shape index (κ1) is 17.0. The molecule has 0 unspecified atom stereocenters. The van der Waals surface area contributed by atoms with Gasteiger partial charge in [0.15, 0.2) is 11.5 Å². The Balaban J connectivity index is 2.18. The van der Waals surface area contributed by atoms with Crippen LogP contribution >= 0.6 is 0 Å². The summed E-state index contributed by atoms with van der Waals surface area (Å²) in [5, 5.41) is 3.39. The Morgan fingerprint density at radius 3 is 2.30 bits per heavy atom. The van der Waals surface area contributed by atoms with Crippen molar-refractivity contribution in [3.8, 4) is 17.2 Å². The van der Waals surface area contributed by atoms with Crippen LogP contribution in [0.15, 0.2) is 36.4 Å². The Hall–Kier alpha value is -2.40. The Morgan fingerprint density at radius 2 is 1.65 bits per heavy atom. The van der Waals surface area contributed by atoms with E-state index in [4.69, 9.17) is 18.9 Å². The van der Waals surface area contributed by atoms with E-state index >= 15 is 0 Å². The monoisotopic (exact) mass is 317 g/mol. The highest BCUT2D eigenvalue weighted by atomic mass is 16.5. The second-order valence-corrected chi connectivity index (χ2v) is 4.98. The van der Waals surface area contributed by atoms with E-state index in [0.29, 0.717) is 30.4 Å². The Kier molecular flexibility index (Phi) is 6.11. The second kappa shape index (κ2) is 8.29. The molecule has 5 heteroatoms. The summed E-state index contributed by atoms with van der Waals surface area (Å²) in [4.78, 5) is 0. The van der Waals surface area contributed by atoms with Gasteiger partial charge in [-0.05, 0) is 29.8 Å². The molecule has 0 bridgehead atoms. The lowest BCUT2D eigenvalue weighted by molar-refractivity contribution is 0.185. The summed E-state index contributed by atoms with van der Waals surface area (Å²) >= 11 is 0. The summed E-state index contributed by atoms with van der Waals surface area (Å²) in [6.07, 6.45) is 0. The first-order valence-electron chi connectivity index (χ1n) is 7.33. The van der Waals surface area contributed by atoms with Crippen LogP contribution in [-0.4, -0.2) is 28.4 Å². The van der Waals surface area contributed by atoms with Crippen molar-refractivity contribution in [1.82, 2.24) is 0 Å². The van der Waals surface area contributed by atoms with E-state index in [-0.39, 0.29) is 0 Å². The fourth-order valence-corrected chi connectivity index (χ4v) is 2.44. The van der Waals surface area contributed by atoms with Crippen LogP contribution in [0.25, 0.3) is 0 Å². The number of nitrogens with one attached hydrogen (secondary N) is 1. The molecule has 0 aliphatic carbocycles. The lowest BCUT2D eigenvalue weighted by Gasteiger charge is -2.16. The molecule has 2 aromatic carbocycles. The number of anilines is 1. The number of ether oxygens (including phenoxy) is 4. The van der Waals surface area contributed by atoms with Gasteiger partial charge < -0.3 is 24.3 Å². The van der Waals surface area contributed by atoms with E-state index in [1.165, 1.54) is 0 Å². The van der Waals surface area contributed by atoms with Crippen LogP contribution in [0.1, 0.15) is 11.1 Å². The van der Waals surface area contributed by atoms with E-state index in [1.54, 1.807) is 28.4 Å². The summed E-state index contributed by atoms with van der Waals surface area (Å²) in [5.41, 5.74) is 3.13. The third kappa shape index (κ3) is 4.07. The minimum Gasteiger partial charge on any atom is -0.493 e. The highest BCUT2D eigenvalue weighted by molar-refractivity contribution is 5.57. The Morgan fingerprint density at radius 1 is 0.870 bits per heavy atom. The van der Waals surface area contributed by atoms with Crippen molar-refractivity contribution in [2.75, 3.05) is 33.8 Å².